The highest BCUT2D eigenvalue weighted by molar-refractivity contribution is 6.31. The Morgan fingerprint density at radius 1 is 1.17 bits per heavy atom. The van der Waals surface area contributed by atoms with E-state index in [-0.39, 0.29) is 5.91 Å². The van der Waals surface area contributed by atoms with Crippen molar-refractivity contribution in [1.82, 2.24) is 14.9 Å². The Morgan fingerprint density at radius 2 is 1.92 bits per heavy atom. The van der Waals surface area contributed by atoms with E-state index in [1.165, 1.54) is 12.8 Å². The molecule has 0 spiro atoms. The molecule has 5 nitrogen and oxygen atoms in total. The molecule has 1 saturated heterocycles. The van der Waals surface area contributed by atoms with Gasteiger partial charge in [0.1, 0.15) is 5.69 Å². The maximum Gasteiger partial charge on any atom is 0.272 e. The zero-order chi connectivity index (χ0) is 16.9. The molecule has 1 fully saturated rings. The van der Waals surface area contributed by atoms with Gasteiger partial charge in [-0.15, -0.1) is 0 Å². The van der Waals surface area contributed by atoms with E-state index in [4.69, 9.17) is 11.6 Å². The van der Waals surface area contributed by atoms with Gasteiger partial charge in [0.05, 0.1) is 0 Å². The fourth-order valence-electron chi connectivity index (χ4n) is 2.84. The smallest absolute Gasteiger partial charge is 0.272 e. The number of hydrogen-bond donors (Lipinski definition) is 1. The number of anilines is 2. The van der Waals surface area contributed by atoms with Gasteiger partial charge >= 0.3 is 0 Å². The summed E-state index contributed by atoms with van der Waals surface area (Å²) in [4.78, 5) is 23.2. The Morgan fingerprint density at radius 3 is 2.67 bits per heavy atom. The molecule has 6 heteroatoms. The van der Waals surface area contributed by atoms with Gasteiger partial charge in [-0.3, -0.25) is 4.79 Å². The molecule has 0 aliphatic carbocycles. The summed E-state index contributed by atoms with van der Waals surface area (Å²) < 4.78 is 0. The van der Waals surface area contributed by atoms with Crippen LogP contribution in [0.15, 0.2) is 30.5 Å². The first-order chi connectivity index (χ1) is 11.6. The molecule has 1 aliphatic rings. The molecular weight excluding hydrogens is 324 g/mol. The number of carbonyl (C=O) groups excluding carboxylic acids is 1. The highest BCUT2D eigenvalue weighted by Crippen LogP contribution is 2.25. The number of nitrogens with one attached hydrogen (secondary N) is 1. The van der Waals surface area contributed by atoms with E-state index < -0.39 is 0 Å². The van der Waals surface area contributed by atoms with Gasteiger partial charge in [-0.1, -0.05) is 30.5 Å². The van der Waals surface area contributed by atoms with Crippen molar-refractivity contribution < 1.29 is 4.79 Å². The van der Waals surface area contributed by atoms with Gasteiger partial charge in [-0.05, 0) is 43.5 Å². The van der Waals surface area contributed by atoms with E-state index in [1.54, 1.807) is 12.3 Å². The third kappa shape index (κ3) is 3.85. The lowest BCUT2D eigenvalue weighted by molar-refractivity contribution is 0.0755. The van der Waals surface area contributed by atoms with Gasteiger partial charge in [0, 0.05) is 30.0 Å². The monoisotopic (exact) mass is 344 g/mol. The average molecular weight is 345 g/mol. The van der Waals surface area contributed by atoms with Crippen LogP contribution in [0.3, 0.4) is 0 Å². The van der Waals surface area contributed by atoms with Crippen molar-refractivity contribution in [2.75, 3.05) is 18.4 Å². The predicted molar refractivity (Wildman–Crippen MR) is 95.9 cm³/mol. The van der Waals surface area contributed by atoms with Gasteiger partial charge in [0.15, 0.2) is 0 Å². The summed E-state index contributed by atoms with van der Waals surface area (Å²) in [7, 11) is 0. The number of halogens is 1. The van der Waals surface area contributed by atoms with Crippen LogP contribution in [0.25, 0.3) is 0 Å². The second-order valence-electron chi connectivity index (χ2n) is 6.01. The summed E-state index contributed by atoms with van der Waals surface area (Å²) in [5.74, 6) is 0.381. The summed E-state index contributed by atoms with van der Waals surface area (Å²) in [6.07, 6.45) is 6.11. The Labute approximate surface area is 147 Å². The molecule has 1 aromatic carbocycles. The third-order valence-electron chi connectivity index (χ3n) is 4.28. The Balaban J connectivity index is 1.78. The Kier molecular flexibility index (Phi) is 5.30. The second-order valence-corrected chi connectivity index (χ2v) is 6.42. The highest BCUT2D eigenvalue weighted by Gasteiger charge is 2.19. The van der Waals surface area contributed by atoms with Crippen LogP contribution in [0, 0.1) is 6.92 Å². The lowest BCUT2D eigenvalue weighted by atomic mass is 10.2. The van der Waals surface area contributed by atoms with Crippen molar-refractivity contribution in [3.05, 3.63) is 46.7 Å². The number of aromatic nitrogens is 2. The van der Waals surface area contributed by atoms with E-state index in [0.29, 0.717) is 16.7 Å². The molecule has 2 heterocycles. The molecule has 24 heavy (non-hydrogen) atoms. The van der Waals surface area contributed by atoms with Gasteiger partial charge in [0.25, 0.3) is 5.91 Å². The summed E-state index contributed by atoms with van der Waals surface area (Å²) >= 11 is 6.14. The number of carbonyl (C=O) groups is 1. The summed E-state index contributed by atoms with van der Waals surface area (Å²) in [5, 5.41) is 3.82. The van der Waals surface area contributed by atoms with Crippen LogP contribution in [0.2, 0.25) is 5.02 Å². The van der Waals surface area contributed by atoms with E-state index >= 15 is 0 Å². The lowest BCUT2D eigenvalue weighted by Crippen LogP contribution is -2.32. The molecule has 0 atom stereocenters. The third-order valence-corrected chi connectivity index (χ3v) is 4.69. The van der Waals surface area contributed by atoms with Crippen LogP contribution >= 0.6 is 11.6 Å². The van der Waals surface area contributed by atoms with Gasteiger partial charge in [0.2, 0.25) is 5.95 Å². The standard InChI is InChI=1S/C18H21ClN4O/c1-13-14(19)7-6-8-15(13)21-18-20-10-9-16(22-18)17(24)23-11-4-2-3-5-12-23/h6-10H,2-5,11-12H2,1H3,(H,20,21,22). The number of benzene rings is 1. The molecule has 2 aromatic rings. The molecule has 126 valence electrons. The van der Waals surface area contributed by atoms with Crippen LogP contribution in [0.1, 0.15) is 41.7 Å². The van der Waals surface area contributed by atoms with E-state index in [0.717, 1.165) is 37.2 Å². The van der Waals surface area contributed by atoms with Crippen LogP contribution < -0.4 is 5.32 Å². The zero-order valence-electron chi connectivity index (χ0n) is 13.8. The van der Waals surface area contributed by atoms with Gasteiger partial charge in [-0.2, -0.15) is 0 Å². The quantitative estimate of drug-likeness (QED) is 0.906. The second kappa shape index (κ2) is 7.62. The summed E-state index contributed by atoms with van der Waals surface area (Å²) in [6.45, 7) is 3.54. The SMILES string of the molecule is Cc1c(Cl)cccc1Nc1nccc(C(=O)N2CCCCCC2)n1. The van der Waals surface area contributed by atoms with Crippen molar-refractivity contribution in [2.24, 2.45) is 0 Å². The van der Waals surface area contributed by atoms with Crippen molar-refractivity contribution in [1.29, 1.82) is 0 Å². The molecule has 1 amide bonds. The maximum absolute atomic E-state index is 12.7. The van der Waals surface area contributed by atoms with Crippen LogP contribution in [0.4, 0.5) is 11.6 Å². The largest absolute Gasteiger partial charge is 0.337 e. The number of nitrogens with zero attached hydrogens (tertiary/aromatic N) is 3. The number of likely N-dealkylation sites (tertiary alicyclic amines) is 1. The van der Waals surface area contributed by atoms with Crippen molar-refractivity contribution >= 4 is 29.1 Å². The lowest BCUT2D eigenvalue weighted by Gasteiger charge is -2.19. The molecule has 0 unspecified atom stereocenters. The molecular formula is C18H21ClN4O. The minimum Gasteiger partial charge on any atom is -0.337 e. The topological polar surface area (TPSA) is 58.1 Å². The van der Waals surface area contributed by atoms with E-state index in [1.807, 2.05) is 30.0 Å². The Hall–Kier alpha value is -2.14. The molecule has 1 aliphatic heterocycles. The van der Waals surface area contributed by atoms with Crippen LogP contribution in [0.5, 0.6) is 0 Å². The van der Waals surface area contributed by atoms with Crippen LogP contribution in [-0.4, -0.2) is 33.9 Å². The fraction of sp³-hybridized carbons (Fsp3) is 0.389. The first kappa shape index (κ1) is 16.7. The number of hydrogen-bond acceptors (Lipinski definition) is 4. The molecule has 3 rings (SSSR count). The van der Waals surface area contributed by atoms with Crippen LogP contribution in [-0.2, 0) is 0 Å². The fourth-order valence-corrected chi connectivity index (χ4v) is 3.01. The highest BCUT2D eigenvalue weighted by atomic mass is 35.5. The van der Waals surface area contributed by atoms with Crippen molar-refractivity contribution in [3.8, 4) is 0 Å². The normalized spacial score (nSPS) is 15.0. The Bertz CT molecular complexity index is 727. The first-order valence-electron chi connectivity index (χ1n) is 8.29. The minimum absolute atomic E-state index is 0.0230. The summed E-state index contributed by atoms with van der Waals surface area (Å²) in [6, 6.07) is 7.28. The number of rotatable bonds is 3. The molecule has 0 saturated carbocycles. The van der Waals surface area contributed by atoms with Crippen molar-refractivity contribution in [2.45, 2.75) is 32.6 Å². The molecule has 0 bridgehead atoms. The van der Waals surface area contributed by atoms with Gasteiger partial charge in [-0.25, -0.2) is 9.97 Å². The molecule has 1 N–H and O–H groups in total. The minimum atomic E-state index is -0.0230. The van der Waals surface area contributed by atoms with Gasteiger partial charge < -0.3 is 10.2 Å². The predicted octanol–water partition coefficient (Wildman–Crippen LogP) is 4.20. The zero-order valence-corrected chi connectivity index (χ0v) is 14.5. The molecule has 1 aromatic heterocycles. The maximum atomic E-state index is 12.7. The van der Waals surface area contributed by atoms with Crippen molar-refractivity contribution in [3.63, 3.8) is 0 Å². The number of amides is 1. The van der Waals surface area contributed by atoms with E-state index in [9.17, 15) is 4.79 Å². The first-order valence-corrected chi connectivity index (χ1v) is 8.67. The van der Waals surface area contributed by atoms with E-state index in [2.05, 4.69) is 15.3 Å². The summed E-state index contributed by atoms with van der Waals surface area (Å²) in [5.41, 5.74) is 2.18. The average Bonchev–Trinajstić information content (AvgIpc) is 2.88. The molecule has 0 radical (unpaired) electrons.